The molecule has 0 aliphatic carbocycles. The molecular formula is C22H25F2N3O3. The van der Waals surface area contributed by atoms with Crippen molar-refractivity contribution < 1.29 is 18.0 Å². The van der Waals surface area contributed by atoms with E-state index in [4.69, 9.17) is 4.42 Å². The molecule has 2 aromatic heterocycles. The fourth-order valence-electron chi connectivity index (χ4n) is 5.44. The molecular weight excluding hydrogens is 392 g/mol. The van der Waals surface area contributed by atoms with Crippen molar-refractivity contribution in [2.75, 3.05) is 26.2 Å². The Bertz CT molecular complexity index is 988. The third-order valence-electron chi connectivity index (χ3n) is 6.64. The van der Waals surface area contributed by atoms with Crippen molar-refractivity contribution in [3.63, 3.8) is 0 Å². The highest BCUT2D eigenvalue weighted by molar-refractivity contribution is 5.81. The number of alkyl halides is 2. The van der Waals surface area contributed by atoms with Gasteiger partial charge in [-0.05, 0) is 31.0 Å². The number of amides is 1. The summed E-state index contributed by atoms with van der Waals surface area (Å²) in [6.45, 7) is 1.77. The molecule has 0 saturated carbocycles. The van der Waals surface area contributed by atoms with Gasteiger partial charge in [0.2, 0.25) is 5.91 Å². The van der Waals surface area contributed by atoms with Gasteiger partial charge >= 0.3 is 0 Å². The summed E-state index contributed by atoms with van der Waals surface area (Å²) < 4.78 is 35.1. The Hall–Kier alpha value is -2.48. The van der Waals surface area contributed by atoms with E-state index in [9.17, 15) is 18.4 Å². The number of carbonyl (C=O) groups is 1. The quantitative estimate of drug-likeness (QED) is 0.771. The van der Waals surface area contributed by atoms with E-state index in [1.807, 2.05) is 18.2 Å². The van der Waals surface area contributed by atoms with E-state index in [1.54, 1.807) is 16.9 Å². The van der Waals surface area contributed by atoms with Crippen LogP contribution < -0.4 is 5.56 Å². The monoisotopic (exact) mass is 417 g/mol. The van der Waals surface area contributed by atoms with Crippen LogP contribution in [0.2, 0.25) is 0 Å². The maximum absolute atomic E-state index is 14.0. The third kappa shape index (κ3) is 3.47. The highest BCUT2D eigenvalue weighted by Gasteiger charge is 2.47. The highest BCUT2D eigenvalue weighted by atomic mass is 19.3. The maximum atomic E-state index is 14.0. The van der Waals surface area contributed by atoms with Gasteiger partial charge in [0.25, 0.3) is 11.5 Å². The van der Waals surface area contributed by atoms with Gasteiger partial charge in [0.05, 0.1) is 19.4 Å². The summed E-state index contributed by atoms with van der Waals surface area (Å²) in [6.07, 6.45) is 2.50. The molecule has 6 nitrogen and oxygen atoms in total. The predicted octanol–water partition coefficient (Wildman–Crippen LogP) is 2.86. The van der Waals surface area contributed by atoms with Crippen LogP contribution in [0.3, 0.4) is 0 Å². The van der Waals surface area contributed by atoms with E-state index in [2.05, 4.69) is 4.90 Å². The average Bonchev–Trinajstić information content (AvgIpc) is 3.21. The van der Waals surface area contributed by atoms with E-state index >= 15 is 0 Å². The van der Waals surface area contributed by atoms with Crippen LogP contribution in [-0.2, 0) is 11.3 Å². The van der Waals surface area contributed by atoms with Crippen molar-refractivity contribution in [2.24, 2.45) is 5.92 Å². The smallest absolute Gasteiger partial charge is 0.265 e. The van der Waals surface area contributed by atoms with Gasteiger partial charge in [-0.25, -0.2) is 8.78 Å². The number of hydrogen-bond donors (Lipinski definition) is 0. The van der Waals surface area contributed by atoms with Crippen molar-refractivity contribution in [3.05, 3.63) is 58.4 Å². The van der Waals surface area contributed by atoms with Crippen LogP contribution >= 0.6 is 0 Å². The minimum absolute atomic E-state index is 0.102. The molecule has 8 heteroatoms. The molecule has 0 aromatic carbocycles. The molecule has 160 valence electrons. The Kier molecular flexibility index (Phi) is 4.76. The molecule has 1 amide bonds. The fraction of sp³-hybridized carbons (Fsp3) is 0.545. The zero-order chi connectivity index (χ0) is 20.9. The van der Waals surface area contributed by atoms with E-state index in [1.165, 1.54) is 11.0 Å². The molecule has 2 aromatic rings. The van der Waals surface area contributed by atoms with Crippen LogP contribution in [0.15, 0.2) is 45.8 Å². The number of piperidine rings is 2. The molecule has 0 unspecified atom stereocenters. The molecule has 0 N–H and O–H groups in total. The topological polar surface area (TPSA) is 58.7 Å². The van der Waals surface area contributed by atoms with Crippen LogP contribution in [0, 0.1) is 5.92 Å². The van der Waals surface area contributed by atoms with Crippen LogP contribution in [0.4, 0.5) is 8.78 Å². The fourth-order valence-corrected chi connectivity index (χ4v) is 5.44. The third-order valence-corrected chi connectivity index (χ3v) is 6.64. The van der Waals surface area contributed by atoms with Crippen molar-refractivity contribution in [1.29, 1.82) is 0 Å². The Morgan fingerprint density at radius 3 is 2.83 bits per heavy atom. The normalized spacial score (nSPS) is 28.2. The summed E-state index contributed by atoms with van der Waals surface area (Å²) in [4.78, 5) is 29.8. The van der Waals surface area contributed by atoms with E-state index in [-0.39, 0.29) is 36.1 Å². The number of hydrogen-bond acceptors (Lipinski definition) is 4. The summed E-state index contributed by atoms with van der Waals surface area (Å²) in [6, 6.07) is 8.09. The van der Waals surface area contributed by atoms with Crippen LogP contribution in [-0.4, -0.2) is 52.4 Å². The molecule has 5 heterocycles. The highest BCUT2D eigenvalue weighted by Crippen LogP contribution is 2.42. The van der Waals surface area contributed by atoms with Crippen LogP contribution in [0.25, 0.3) is 0 Å². The number of halogens is 2. The number of aromatic nitrogens is 1. The first-order valence-electron chi connectivity index (χ1n) is 10.5. The van der Waals surface area contributed by atoms with E-state index in [0.29, 0.717) is 19.6 Å². The lowest BCUT2D eigenvalue weighted by Gasteiger charge is -2.47. The summed E-state index contributed by atoms with van der Waals surface area (Å²) in [5.41, 5.74) is 0.591. The molecule has 2 fully saturated rings. The van der Waals surface area contributed by atoms with Gasteiger partial charge in [0.15, 0.2) is 0 Å². The number of likely N-dealkylation sites (tertiary alicyclic amines) is 2. The number of rotatable bonds is 3. The number of nitrogens with zero attached hydrogens (tertiary/aromatic N) is 3. The van der Waals surface area contributed by atoms with Crippen LogP contribution in [0.5, 0.6) is 0 Å². The van der Waals surface area contributed by atoms with Gasteiger partial charge in [0.1, 0.15) is 11.8 Å². The van der Waals surface area contributed by atoms with Crippen molar-refractivity contribution >= 4 is 5.91 Å². The molecule has 0 radical (unpaired) electrons. The van der Waals surface area contributed by atoms with Gasteiger partial charge < -0.3 is 9.32 Å². The number of carbonyl (C=O) groups excluding carboxylic acids is 1. The lowest BCUT2D eigenvalue weighted by molar-refractivity contribution is -0.148. The first kappa shape index (κ1) is 19.5. The minimum Gasteiger partial charge on any atom is -0.468 e. The average molecular weight is 417 g/mol. The zero-order valence-electron chi connectivity index (χ0n) is 16.7. The van der Waals surface area contributed by atoms with E-state index in [0.717, 1.165) is 24.4 Å². The second-order valence-electron chi connectivity index (χ2n) is 8.79. The second-order valence-corrected chi connectivity index (χ2v) is 8.79. The van der Waals surface area contributed by atoms with Crippen LogP contribution in [0.1, 0.15) is 42.7 Å². The summed E-state index contributed by atoms with van der Waals surface area (Å²) in [5, 5.41) is 0. The SMILES string of the molecule is O=C([C@H]1[C@H]2C[C@H](CN(Cc3ccco3)C2)c2cccc(=O)n21)N1CCCC(F)(F)C1. The number of fused-ring (bicyclic) bond motifs is 4. The summed E-state index contributed by atoms with van der Waals surface area (Å²) >= 11 is 0. The first-order chi connectivity index (χ1) is 14.4. The Labute approximate surface area is 173 Å². The van der Waals surface area contributed by atoms with Crippen molar-refractivity contribution in [3.8, 4) is 0 Å². The summed E-state index contributed by atoms with van der Waals surface area (Å²) in [5.74, 6) is -2.35. The Balaban J connectivity index is 1.49. The zero-order valence-corrected chi connectivity index (χ0v) is 16.7. The van der Waals surface area contributed by atoms with Gasteiger partial charge in [-0.15, -0.1) is 0 Å². The molecule has 2 bridgehead atoms. The molecule has 5 rings (SSSR count). The van der Waals surface area contributed by atoms with E-state index < -0.39 is 18.5 Å². The minimum atomic E-state index is -2.87. The number of furan rings is 1. The van der Waals surface area contributed by atoms with Gasteiger partial charge in [-0.3, -0.25) is 19.1 Å². The first-order valence-corrected chi connectivity index (χ1v) is 10.5. The summed E-state index contributed by atoms with van der Waals surface area (Å²) in [7, 11) is 0. The lowest BCUT2D eigenvalue weighted by Crippen LogP contribution is -2.56. The van der Waals surface area contributed by atoms with Crippen molar-refractivity contribution in [1.82, 2.24) is 14.4 Å². The van der Waals surface area contributed by atoms with Gasteiger partial charge in [-0.1, -0.05) is 6.07 Å². The molecule has 3 aliphatic heterocycles. The lowest BCUT2D eigenvalue weighted by atomic mass is 9.77. The standard InChI is InChI=1S/C22H25F2N3O3/c23-22(24)7-3-8-26(14-22)21(29)20-16-10-15(18-5-1-6-19(28)27(18)20)11-25(12-16)13-17-4-2-9-30-17/h1-2,4-6,9,15-16,20H,3,7-8,10-14H2/t15-,16+,20-/m1/s1. The second kappa shape index (κ2) is 7.34. The number of pyridine rings is 1. The van der Waals surface area contributed by atoms with Gasteiger partial charge in [-0.2, -0.15) is 0 Å². The van der Waals surface area contributed by atoms with Crippen molar-refractivity contribution in [2.45, 2.75) is 43.7 Å². The molecule has 3 aliphatic rings. The molecule has 2 saturated heterocycles. The molecule has 3 atom stereocenters. The molecule has 0 spiro atoms. The molecule has 30 heavy (non-hydrogen) atoms. The Morgan fingerprint density at radius 2 is 2.07 bits per heavy atom. The predicted molar refractivity (Wildman–Crippen MR) is 105 cm³/mol. The Morgan fingerprint density at radius 1 is 1.20 bits per heavy atom. The maximum Gasteiger partial charge on any atom is 0.265 e. The largest absolute Gasteiger partial charge is 0.468 e. The van der Waals surface area contributed by atoms with Gasteiger partial charge in [0, 0.05) is 49.7 Å².